The number of ether oxygens (including phenoxy) is 1. The topological polar surface area (TPSA) is 71.1 Å². The normalized spacial score (nSPS) is 21.2. The Balaban J connectivity index is 1.56. The second kappa shape index (κ2) is 6.78. The molecule has 0 radical (unpaired) electrons. The summed E-state index contributed by atoms with van der Waals surface area (Å²) in [6.45, 7) is 0. The molecule has 1 N–H and O–H groups in total. The highest BCUT2D eigenvalue weighted by molar-refractivity contribution is 5.98. The molecule has 1 fully saturated rings. The van der Waals surface area contributed by atoms with Crippen LogP contribution in [0.3, 0.4) is 0 Å². The zero-order chi connectivity index (χ0) is 19.1. The number of carbonyl (C=O) groups excluding carboxylic acids is 1. The van der Waals surface area contributed by atoms with Crippen LogP contribution in [-0.4, -0.2) is 33.1 Å². The van der Waals surface area contributed by atoms with Crippen LogP contribution in [0.2, 0.25) is 0 Å². The molecule has 2 atom stereocenters. The van der Waals surface area contributed by atoms with Crippen molar-refractivity contribution in [3.05, 3.63) is 65.6 Å². The molecule has 2 aliphatic rings. The molecule has 0 aliphatic carbocycles. The van der Waals surface area contributed by atoms with Gasteiger partial charge in [0.2, 0.25) is 0 Å². The van der Waals surface area contributed by atoms with Gasteiger partial charge in [-0.1, -0.05) is 31.0 Å². The minimum atomic E-state index is 0.0278. The fourth-order valence-corrected chi connectivity index (χ4v) is 4.52. The van der Waals surface area contributed by atoms with Gasteiger partial charge in [-0.15, -0.1) is 0 Å². The monoisotopic (exact) mass is 374 g/mol. The molecule has 6 heteroatoms. The lowest BCUT2D eigenvalue weighted by atomic mass is 10.0. The van der Waals surface area contributed by atoms with Gasteiger partial charge in [-0.3, -0.25) is 9.89 Å². The van der Waals surface area contributed by atoms with Crippen LogP contribution >= 0.6 is 0 Å². The van der Waals surface area contributed by atoms with Crippen LogP contribution in [0.5, 0.6) is 5.75 Å². The number of nitrogens with zero attached hydrogens (tertiary/aromatic N) is 3. The van der Waals surface area contributed by atoms with Gasteiger partial charge < -0.3 is 9.64 Å². The predicted octanol–water partition coefficient (Wildman–Crippen LogP) is 4.29. The Bertz CT molecular complexity index is 1020. The van der Waals surface area contributed by atoms with Gasteiger partial charge >= 0.3 is 0 Å². The molecule has 3 aromatic rings. The summed E-state index contributed by atoms with van der Waals surface area (Å²) in [5.41, 5.74) is 4.42. The number of pyridine rings is 1. The van der Waals surface area contributed by atoms with Gasteiger partial charge in [-0.25, -0.2) is 4.98 Å². The van der Waals surface area contributed by atoms with Crippen molar-refractivity contribution in [2.24, 2.45) is 0 Å². The summed E-state index contributed by atoms with van der Waals surface area (Å²) in [6, 6.07) is 12.3. The largest absolute Gasteiger partial charge is 0.497 e. The van der Waals surface area contributed by atoms with E-state index in [1.165, 1.54) is 0 Å². The predicted molar refractivity (Wildman–Crippen MR) is 105 cm³/mol. The van der Waals surface area contributed by atoms with Gasteiger partial charge in [0.25, 0.3) is 5.91 Å². The Morgan fingerprint density at radius 3 is 2.79 bits per heavy atom. The number of nitrogens with one attached hydrogen (secondary N) is 1. The quantitative estimate of drug-likeness (QED) is 0.742. The molecule has 0 bridgehead atoms. The number of carbonyl (C=O) groups is 1. The molecule has 2 aromatic heterocycles. The number of H-pyrrole nitrogens is 1. The first-order valence-electron chi connectivity index (χ1n) is 9.73. The van der Waals surface area contributed by atoms with Gasteiger partial charge in [0.05, 0.1) is 31.1 Å². The van der Waals surface area contributed by atoms with Crippen LogP contribution in [-0.2, 0) is 0 Å². The number of aromatic amines is 1. The van der Waals surface area contributed by atoms with E-state index in [9.17, 15) is 4.79 Å². The van der Waals surface area contributed by atoms with E-state index in [0.717, 1.165) is 53.8 Å². The van der Waals surface area contributed by atoms with Gasteiger partial charge in [-0.05, 0) is 36.6 Å². The lowest BCUT2D eigenvalue weighted by Gasteiger charge is -2.31. The van der Waals surface area contributed by atoms with Gasteiger partial charge in [0, 0.05) is 17.3 Å². The molecule has 28 heavy (non-hydrogen) atoms. The Morgan fingerprint density at radius 2 is 2.00 bits per heavy atom. The fraction of sp³-hybridized carbons (Fsp3) is 0.318. The van der Waals surface area contributed by atoms with Crippen LogP contribution in [0.1, 0.15) is 59.4 Å². The van der Waals surface area contributed by atoms with Crippen molar-refractivity contribution in [3.8, 4) is 17.0 Å². The highest BCUT2D eigenvalue weighted by Gasteiger charge is 2.43. The molecule has 2 aliphatic heterocycles. The zero-order valence-electron chi connectivity index (χ0n) is 15.8. The molecule has 1 saturated heterocycles. The van der Waals surface area contributed by atoms with Gasteiger partial charge in [-0.2, -0.15) is 5.10 Å². The molecule has 1 unspecified atom stereocenters. The highest BCUT2D eigenvalue weighted by atomic mass is 16.5. The standard InChI is InChI=1S/C22H22N4O2/c1-28-16-6-4-5-14(11-16)19-7-2-3-8-20-17-9-10-18(15-12-23-24-13-15)25-21(17)22(27)26(19)20/h4-6,9-13,19-20H,2-3,7-8H2,1H3,(H,23,24)/t19-,20?/m1/s1. The summed E-state index contributed by atoms with van der Waals surface area (Å²) in [6.07, 6.45) is 7.68. The number of rotatable bonds is 3. The number of fused-ring (bicyclic) bond motifs is 3. The molecule has 0 spiro atoms. The average Bonchev–Trinajstić information content (AvgIpc) is 3.29. The SMILES string of the molecule is COc1cccc([C@H]2CCCCC3c4ccc(-c5cn[nH]c5)nc4C(=O)N32)c1. The molecular weight excluding hydrogens is 352 g/mol. The highest BCUT2D eigenvalue weighted by Crippen LogP contribution is 2.46. The lowest BCUT2D eigenvalue weighted by molar-refractivity contribution is 0.0625. The van der Waals surface area contributed by atoms with Crippen molar-refractivity contribution >= 4 is 5.91 Å². The number of amides is 1. The minimum absolute atomic E-state index is 0.0278. The summed E-state index contributed by atoms with van der Waals surface area (Å²) >= 11 is 0. The maximum absolute atomic E-state index is 13.5. The van der Waals surface area contributed by atoms with Crippen LogP contribution in [0.4, 0.5) is 0 Å². The summed E-state index contributed by atoms with van der Waals surface area (Å²) < 4.78 is 5.41. The third-order valence-corrected chi connectivity index (χ3v) is 5.87. The molecule has 1 aromatic carbocycles. The first-order chi connectivity index (χ1) is 13.8. The minimum Gasteiger partial charge on any atom is -0.497 e. The maximum atomic E-state index is 13.5. The van der Waals surface area contributed by atoms with Crippen molar-refractivity contribution < 1.29 is 9.53 Å². The third-order valence-electron chi connectivity index (χ3n) is 5.87. The first-order valence-corrected chi connectivity index (χ1v) is 9.73. The van der Waals surface area contributed by atoms with Crippen molar-refractivity contribution in [2.75, 3.05) is 7.11 Å². The number of benzene rings is 1. The van der Waals surface area contributed by atoms with Crippen molar-refractivity contribution in [1.29, 1.82) is 0 Å². The smallest absolute Gasteiger partial charge is 0.273 e. The molecular formula is C22H22N4O2. The molecule has 0 saturated carbocycles. The van der Waals surface area contributed by atoms with Gasteiger partial charge in [0.15, 0.2) is 0 Å². The van der Waals surface area contributed by atoms with E-state index >= 15 is 0 Å². The first kappa shape index (κ1) is 17.0. The number of aromatic nitrogens is 3. The van der Waals surface area contributed by atoms with Gasteiger partial charge in [0.1, 0.15) is 11.4 Å². The van der Waals surface area contributed by atoms with E-state index in [4.69, 9.17) is 9.72 Å². The van der Waals surface area contributed by atoms with Crippen molar-refractivity contribution in [3.63, 3.8) is 0 Å². The van der Waals surface area contributed by atoms with E-state index < -0.39 is 0 Å². The average molecular weight is 374 g/mol. The molecule has 6 nitrogen and oxygen atoms in total. The second-order valence-corrected chi connectivity index (χ2v) is 7.43. The van der Waals surface area contributed by atoms with Crippen LogP contribution in [0.25, 0.3) is 11.3 Å². The summed E-state index contributed by atoms with van der Waals surface area (Å²) in [4.78, 5) is 20.2. The summed E-state index contributed by atoms with van der Waals surface area (Å²) in [5, 5.41) is 6.80. The van der Waals surface area contributed by atoms with Crippen molar-refractivity contribution in [1.82, 2.24) is 20.1 Å². The van der Waals surface area contributed by atoms with Crippen LogP contribution in [0, 0.1) is 0 Å². The van der Waals surface area contributed by atoms with E-state index in [1.807, 2.05) is 24.3 Å². The molecule has 5 rings (SSSR count). The number of hydrogen-bond acceptors (Lipinski definition) is 4. The molecule has 1 amide bonds. The zero-order valence-corrected chi connectivity index (χ0v) is 15.8. The van der Waals surface area contributed by atoms with E-state index in [-0.39, 0.29) is 18.0 Å². The summed E-state index contributed by atoms with van der Waals surface area (Å²) in [5.74, 6) is 0.850. The Morgan fingerprint density at radius 1 is 1.14 bits per heavy atom. The lowest BCUT2D eigenvalue weighted by Crippen LogP contribution is -2.31. The Hall–Kier alpha value is -3.15. The fourth-order valence-electron chi connectivity index (χ4n) is 4.52. The maximum Gasteiger partial charge on any atom is 0.273 e. The van der Waals surface area contributed by atoms with Crippen LogP contribution < -0.4 is 4.74 Å². The Labute approximate surface area is 163 Å². The number of methoxy groups -OCH3 is 1. The Kier molecular flexibility index (Phi) is 4.11. The molecule has 4 heterocycles. The van der Waals surface area contributed by atoms with E-state index in [2.05, 4.69) is 27.2 Å². The molecule has 142 valence electrons. The second-order valence-electron chi connectivity index (χ2n) is 7.43. The van der Waals surface area contributed by atoms with Crippen LogP contribution in [0.15, 0.2) is 48.8 Å². The van der Waals surface area contributed by atoms with E-state index in [0.29, 0.717) is 5.69 Å². The number of hydrogen-bond donors (Lipinski definition) is 1. The van der Waals surface area contributed by atoms with E-state index in [1.54, 1.807) is 19.5 Å². The van der Waals surface area contributed by atoms with Crippen molar-refractivity contribution in [2.45, 2.75) is 37.8 Å². The third kappa shape index (κ3) is 2.68. The summed E-state index contributed by atoms with van der Waals surface area (Å²) in [7, 11) is 1.67.